The second kappa shape index (κ2) is 7.39. The lowest BCUT2D eigenvalue weighted by Gasteiger charge is -2.08. The minimum atomic E-state index is 0.636. The van der Waals surface area contributed by atoms with Gasteiger partial charge in [-0.05, 0) is 36.8 Å². The van der Waals surface area contributed by atoms with Gasteiger partial charge in [-0.15, -0.1) is 0 Å². The summed E-state index contributed by atoms with van der Waals surface area (Å²) in [7, 11) is 0. The molecule has 3 heterocycles. The van der Waals surface area contributed by atoms with E-state index in [4.69, 9.17) is 9.40 Å². The molecule has 5 heteroatoms. The molecule has 0 amide bonds. The molecule has 0 aliphatic heterocycles. The van der Waals surface area contributed by atoms with Crippen LogP contribution in [0.2, 0.25) is 0 Å². The lowest BCUT2D eigenvalue weighted by Crippen LogP contribution is -2.00. The molecule has 0 saturated heterocycles. The van der Waals surface area contributed by atoms with E-state index in [0.717, 1.165) is 44.2 Å². The van der Waals surface area contributed by atoms with Crippen LogP contribution in [0.5, 0.6) is 0 Å². The normalized spacial score (nSPS) is 11.3. The van der Waals surface area contributed by atoms with Crippen LogP contribution in [0, 0.1) is 6.92 Å². The molecular formula is C27H18N4O. The van der Waals surface area contributed by atoms with E-state index in [2.05, 4.69) is 33.2 Å². The zero-order valence-electron chi connectivity index (χ0n) is 17.4. The molecule has 0 bridgehead atoms. The van der Waals surface area contributed by atoms with Gasteiger partial charge in [-0.25, -0.2) is 15.0 Å². The fraction of sp³-hybridized carbons (Fsp3) is 0.0370. The third-order valence-electron chi connectivity index (χ3n) is 5.51. The molecule has 6 rings (SSSR count). The van der Waals surface area contributed by atoms with Crippen LogP contribution in [0.15, 0.2) is 95.7 Å². The minimum Gasteiger partial charge on any atom is -0.456 e. The zero-order valence-corrected chi connectivity index (χ0v) is 17.4. The van der Waals surface area contributed by atoms with Crippen molar-refractivity contribution in [3.63, 3.8) is 0 Å². The van der Waals surface area contributed by atoms with Gasteiger partial charge in [0.25, 0.3) is 0 Å². The van der Waals surface area contributed by atoms with E-state index in [0.29, 0.717) is 17.5 Å². The van der Waals surface area contributed by atoms with Crippen molar-refractivity contribution in [3.8, 4) is 33.9 Å². The number of pyridine rings is 1. The van der Waals surface area contributed by atoms with Crippen LogP contribution in [0.4, 0.5) is 0 Å². The predicted molar refractivity (Wildman–Crippen MR) is 126 cm³/mol. The van der Waals surface area contributed by atoms with Crippen molar-refractivity contribution in [1.29, 1.82) is 0 Å². The Morgan fingerprint density at radius 2 is 1.44 bits per heavy atom. The smallest absolute Gasteiger partial charge is 0.164 e. The molecule has 0 N–H and O–H groups in total. The fourth-order valence-corrected chi connectivity index (χ4v) is 4.06. The second-order valence-corrected chi connectivity index (χ2v) is 7.63. The molecule has 152 valence electrons. The van der Waals surface area contributed by atoms with Crippen molar-refractivity contribution >= 4 is 21.9 Å². The second-order valence-electron chi connectivity index (χ2n) is 7.63. The Hall–Kier alpha value is -4.38. The molecule has 0 spiro atoms. The van der Waals surface area contributed by atoms with Gasteiger partial charge in [0.05, 0.1) is 0 Å². The summed E-state index contributed by atoms with van der Waals surface area (Å²) in [6.45, 7) is 1.90. The number of benzene rings is 3. The average molecular weight is 414 g/mol. The maximum atomic E-state index is 6.05. The summed E-state index contributed by atoms with van der Waals surface area (Å²) in [5.41, 5.74) is 5.66. The maximum Gasteiger partial charge on any atom is 0.164 e. The van der Waals surface area contributed by atoms with E-state index >= 15 is 0 Å². The molecule has 0 radical (unpaired) electrons. The summed E-state index contributed by atoms with van der Waals surface area (Å²) in [5, 5.41) is 2.07. The summed E-state index contributed by atoms with van der Waals surface area (Å²) in [6, 6.07) is 26.2. The van der Waals surface area contributed by atoms with E-state index in [1.807, 2.05) is 73.8 Å². The molecular weight excluding hydrogens is 396 g/mol. The van der Waals surface area contributed by atoms with Crippen LogP contribution < -0.4 is 0 Å². The number of furan rings is 1. The van der Waals surface area contributed by atoms with E-state index in [9.17, 15) is 0 Å². The van der Waals surface area contributed by atoms with Crippen molar-refractivity contribution in [1.82, 2.24) is 19.9 Å². The largest absolute Gasteiger partial charge is 0.456 e. The summed E-state index contributed by atoms with van der Waals surface area (Å²) < 4.78 is 6.05. The van der Waals surface area contributed by atoms with E-state index in [-0.39, 0.29) is 0 Å². The quantitative estimate of drug-likeness (QED) is 0.332. The molecule has 32 heavy (non-hydrogen) atoms. The first-order valence-corrected chi connectivity index (χ1v) is 10.4. The van der Waals surface area contributed by atoms with Crippen molar-refractivity contribution in [3.05, 3.63) is 97.1 Å². The van der Waals surface area contributed by atoms with Gasteiger partial charge in [-0.1, -0.05) is 54.6 Å². The van der Waals surface area contributed by atoms with Crippen molar-refractivity contribution in [2.24, 2.45) is 0 Å². The summed E-state index contributed by atoms with van der Waals surface area (Å²) in [6.07, 6.45) is 3.63. The Balaban J connectivity index is 1.53. The van der Waals surface area contributed by atoms with Gasteiger partial charge in [-0.2, -0.15) is 0 Å². The zero-order chi connectivity index (χ0) is 21.5. The molecule has 6 aromatic rings. The molecule has 5 nitrogen and oxygen atoms in total. The Labute approximate surface area is 184 Å². The number of aryl methyl sites for hydroxylation is 1. The van der Waals surface area contributed by atoms with Crippen molar-refractivity contribution in [2.45, 2.75) is 6.92 Å². The van der Waals surface area contributed by atoms with Crippen LogP contribution in [0.3, 0.4) is 0 Å². The summed E-state index contributed by atoms with van der Waals surface area (Å²) in [5.74, 6) is 1.95. The fourth-order valence-electron chi connectivity index (χ4n) is 4.06. The minimum absolute atomic E-state index is 0.636. The van der Waals surface area contributed by atoms with E-state index < -0.39 is 0 Å². The Kier molecular flexibility index (Phi) is 4.25. The average Bonchev–Trinajstić information content (AvgIpc) is 3.23. The number of para-hydroxylation sites is 1. The molecule has 3 aromatic carbocycles. The highest BCUT2D eigenvalue weighted by Crippen LogP contribution is 2.35. The van der Waals surface area contributed by atoms with Crippen LogP contribution in [0.25, 0.3) is 55.8 Å². The highest BCUT2D eigenvalue weighted by atomic mass is 16.3. The first-order valence-electron chi connectivity index (χ1n) is 10.4. The molecule has 0 aliphatic carbocycles. The standard InChI is InChI=1S/C27H18N4O/c1-17-29-26(19-8-4-7-18(15-19)20-9-6-14-28-16-20)31-27(30-17)22-11-5-13-24-25(22)21-10-2-3-12-23(21)32-24/h2-16H,1H3. The number of hydrogen-bond acceptors (Lipinski definition) is 5. The monoisotopic (exact) mass is 414 g/mol. The molecule has 0 unspecified atom stereocenters. The van der Waals surface area contributed by atoms with Gasteiger partial charge < -0.3 is 4.42 Å². The molecule has 3 aromatic heterocycles. The Morgan fingerprint density at radius 3 is 2.34 bits per heavy atom. The first kappa shape index (κ1) is 18.4. The molecule has 0 fully saturated rings. The molecule has 0 saturated carbocycles. The third kappa shape index (κ3) is 3.11. The topological polar surface area (TPSA) is 64.7 Å². The molecule has 0 aliphatic rings. The Morgan fingerprint density at radius 1 is 0.656 bits per heavy atom. The van der Waals surface area contributed by atoms with Crippen molar-refractivity contribution in [2.75, 3.05) is 0 Å². The lowest BCUT2D eigenvalue weighted by molar-refractivity contribution is 0.669. The third-order valence-corrected chi connectivity index (χ3v) is 5.51. The van der Waals surface area contributed by atoms with Gasteiger partial charge in [0, 0.05) is 39.9 Å². The van der Waals surface area contributed by atoms with Crippen molar-refractivity contribution < 1.29 is 4.42 Å². The summed E-state index contributed by atoms with van der Waals surface area (Å²) >= 11 is 0. The van der Waals surface area contributed by atoms with Crippen LogP contribution >= 0.6 is 0 Å². The van der Waals surface area contributed by atoms with Gasteiger partial charge in [-0.3, -0.25) is 4.98 Å². The van der Waals surface area contributed by atoms with Crippen LogP contribution in [-0.4, -0.2) is 19.9 Å². The van der Waals surface area contributed by atoms with Crippen LogP contribution in [0.1, 0.15) is 5.82 Å². The van der Waals surface area contributed by atoms with Gasteiger partial charge >= 0.3 is 0 Å². The summed E-state index contributed by atoms with van der Waals surface area (Å²) in [4.78, 5) is 18.4. The SMILES string of the molecule is Cc1nc(-c2cccc(-c3cccnc3)c2)nc(-c2cccc3oc4ccccc4c23)n1. The Bertz CT molecular complexity index is 1590. The van der Waals surface area contributed by atoms with E-state index in [1.54, 1.807) is 6.20 Å². The first-order chi connectivity index (χ1) is 15.8. The van der Waals surface area contributed by atoms with E-state index in [1.165, 1.54) is 0 Å². The number of rotatable bonds is 3. The molecule has 0 atom stereocenters. The number of fused-ring (bicyclic) bond motifs is 3. The number of aromatic nitrogens is 4. The predicted octanol–water partition coefficient (Wildman–Crippen LogP) is 6.48. The lowest BCUT2D eigenvalue weighted by atomic mass is 10.0. The van der Waals surface area contributed by atoms with Gasteiger partial charge in [0.2, 0.25) is 0 Å². The number of nitrogens with zero attached hydrogens (tertiary/aromatic N) is 4. The van der Waals surface area contributed by atoms with Gasteiger partial charge in [0.15, 0.2) is 11.6 Å². The maximum absolute atomic E-state index is 6.05. The number of hydrogen-bond donors (Lipinski definition) is 0. The van der Waals surface area contributed by atoms with Gasteiger partial charge in [0.1, 0.15) is 17.0 Å². The highest BCUT2D eigenvalue weighted by molar-refractivity contribution is 6.11. The van der Waals surface area contributed by atoms with Crippen LogP contribution in [-0.2, 0) is 0 Å². The highest BCUT2D eigenvalue weighted by Gasteiger charge is 2.16.